The maximum Gasteiger partial charge on any atom is 0.330 e. The highest BCUT2D eigenvalue weighted by molar-refractivity contribution is 8.01. The Kier molecular flexibility index (Phi) is 6.38. The number of thioether (sulfide) groups is 1. The van der Waals surface area contributed by atoms with Gasteiger partial charge in [-0.05, 0) is 44.9 Å². The van der Waals surface area contributed by atoms with Crippen LogP contribution in [-0.4, -0.2) is 56.3 Å². The molecular weight excluding hydrogens is 448 g/mol. The van der Waals surface area contributed by atoms with Crippen LogP contribution in [0, 0.1) is 5.41 Å². The molecule has 2 aromatic heterocycles. The van der Waals surface area contributed by atoms with Crippen molar-refractivity contribution in [3.05, 3.63) is 24.4 Å². The Morgan fingerprint density at radius 2 is 1.97 bits per heavy atom. The molecule has 2 amide bonds. The standard InChI is InChI=1S/C21H26N6O3S2/c1-21(2,18(28)29)12-31-17-11-22-19(32-17)26(3)20(30)27(13-6-4-5-7-13)14-8-9-15-16(10-14)24-25-23-15/h8-11,13H,4-7,12H2,1-3H3,(H,28,29)(H,23,24,25). The topological polar surface area (TPSA) is 115 Å². The van der Waals surface area contributed by atoms with E-state index < -0.39 is 11.4 Å². The van der Waals surface area contributed by atoms with Crippen LogP contribution in [0.3, 0.4) is 0 Å². The van der Waals surface area contributed by atoms with Crippen LogP contribution in [0.2, 0.25) is 0 Å². The lowest BCUT2D eigenvalue weighted by atomic mass is 9.97. The summed E-state index contributed by atoms with van der Waals surface area (Å²) in [6.45, 7) is 3.40. The third kappa shape index (κ3) is 4.58. The highest BCUT2D eigenvalue weighted by Gasteiger charge is 2.32. The Morgan fingerprint density at radius 1 is 1.25 bits per heavy atom. The molecule has 2 heterocycles. The van der Waals surface area contributed by atoms with Gasteiger partial charge >= 0.3 is 12.0 Å². The smallest absolute Gasteiger partial charge is 0.330 e. The van der Waals surface area contributed by atoms with Crippen LogP contribution in [0.1, 0.15) is 39.5 Å². The minimum absolute atomic E-state index is 0.125. The van der Waals surface area contributed by atoms with Gasteiger partial charge in [0.1, 0.15) is 11.0 Å². The number of nitrogens with one attached hydrogen (secondary N) is 1. The maximum absolute atomic E-state index is 13.6. The third-order valence-electron chi connectivity index (χ3n) is 5.67. The number of rotatable bonds is 7. The number of aromatic nitrogens is 4. The first-order valence-electron chi connectivity index (χ1n) is 10.5. The van der Waals surface area contributed by atoms with E-state index >= 15 is 0 Å². The summed E-state index contributed by atoms with van der Waals surface area (Å²) >= 11 is 2.83. The number of carbonyl (C=O) groups is 2. The number of hydrogen-bond acceptors (Lipinski definition) is 7. The molecular formula is C21H26N6O3S2. The van der Waals surface area contributed by atoms with Crippen LogP contribution in [0.4, 0.5) is 15.6 Å². The molecule has 170 valence electrons. The second-order valence-electron chi connectivity index (χ2n) is 8.59. The molecule has 1 aliphatic carbocycles. The largest absolute Gasteiger partial charge is 0.481 e. The molecule has 0 spiro atoms. The Balaban J connectivity index is 1.54. The van der Waals surface area contributed by atoms with E-state index in [1.807, 2.05) is 23.1 Å². The summed E-state index contributed by atoms with van der Waals surface area (Å²) in [6, 6.07) is 5.65. The minimum Gasteiger partial charge on any atom is -0.481 e. The first-order chi connectivity index (χ1) is 15.3. The van der Waals surface area contributed by atoms with Crippen molar-refractivity contribution in [2.45, 2.75) is 49.8 Å². The molecule has 2 N–H and O–H groups in total. The van der Waals surface area contributed by atoms with Crippen molar-refractivity contribution in [2.75, 3.05) is 22.6 Å². The van der Waals surface area contributed by atoms with E-state index in [0.29, 0.717) is 10.9 Å². The predicted molar refractivity (Wildman–Crippen MR) is 127 cm³/mol. The molecule has 0 bridgehead atoms. The lowest BCUT2D eigenvalue weighted by molar-refractivity contribution is -0.145. The molecule has 0 unspecified atom stereocenters. The summed E-state index contributed by atoms with van der Waals surface area (Å²) in [7, 11) is 1.73. The average molecular weight is 475 g/mol. The number of urea groups is 1. The summed E-state index contributed by atoms with van der Waals surface area (Å²) in [5, 5.41) is 20.8. The number of aliphatic carboxylic acids is 1. The van der Waals surface area contributed by atoms with E-state index in [0.717, 1.165) is 46.6 Å². The summed E-state index contributed by atoms with van der Waals surface area (Å²) in [6.07, 6.45) is 5.82. The summed E-state index contributed by atoms with van der Waals surface area (Å²) in [4.78, 5) is 32.8. The van der Waals surface area contributed by atoms with Crippen LogP contribution >= 0.6 is 23.1 Å². The second kappa shape index (κ2) is 9.07. The van der Waals surface area contributed by atoms with Gasteiger partial charge < -0.3 is 5.11 Å². The van der Waals surface area contributed by atoms with E-state index in [-0.39, 0.29) is 12.1 Å². The number of aromatic amines is 1. The molecule has 9 nitrogen and oxygen atoms in total. The number of carboxylic acids is 1. The number of nitrogens with zero attached hydrogens (tertiary/aromatic N) is 5. The summed E-state index contributed by atoms with van der Waals surface area (Å²) in [5.74, 6) is -0.411. The van der Waals surface area contributed by atoms with Gasteiger partial charge in [-0.1, -0.05) is 24.2 Å². The fourth-order valence-corrected chi connectivity index (χ4v) is 5.64. The lowest BCUT2D eigenvalue weighted by Crippen LogP contribution is -2.46. The van der Waals surface area contributed by atoms with Gasteiger partial charge in [0.15, 0.2) is 5.13 Å². The zero-order valence-electron chi connectivity index (χ0n) is 18.2. The average Bonchev–Trinajstić information content (AvgIpc) is 3.53. The fraction of sp³-hybridized carbons (Fsp3) is 0.476. The quantitative estimate of drug-likeness (QED) is 0.480. The molecule has 1 aliphatic rings. The van der Waals surface area contributed by atoms with Crippen molar-refractivity contribution >= 4 is 57.0 Å². The van der Waals surface area contributed by atoms with Crippen molar-refractivity contribution in [3.63, 3.8) is 0 Å². The van der Waals surface area contributed by atoms with Crippen LogP contribution in [-0.2, 0) is 4.79 Å². The molecule has 0 saturated heterocycles. The number of carbonyl (C=O) groups excluding carboxylic acids is 1. The fourth-order valence-electron chi connectivity index (χ4n) is 3.65. The van der Waals surface area contributed by atoms with E-state index in [1.54, 1.807) is 32.0 Å². The first kappa shape index (κ1) is 22.5. The van der Waals surface area contributed by atoms with E-state index in [1.165, 1.54) is 23.1 Å². The molecule has 0 atom stereocenters. The van der Waals surface area contributed by atoms with E-state index in [4.69, 9.17) is 0 Å². The third-order valence-corrected chi connectivity index (χ3v) is 8.40. The molecule has 3 aromatic rings. The molecule has 32 heavy (non-hydrogen) atoms. The van der Waals surface area contributed by atoms with Crippen molar-refractivity contribution in [3.8, 4) is 0 Å². The van der Waals surface area contributed by atoms with E-state index in [9.17, 15) is 14.7 Å². The zero-order chi connectivity index (χ0) is 22.9. The maximum atomic E-state index is 13.6. The van der Waals surface area contributed by atoms with Gasteiger partial charge in [-0.2, -0.15) is 15.4 Å². The Bertz CT molecular complexity index is 1120. The Labute approximate surface area is 194 Å². The van der Waals surface area contributed by atoms with Gasteiger partial charge in [0.25, 0.3) is 0 Å². The van der Waals surface area contributed by atoms with Crippen LogP contribution in [0.5, 0.6) is 0 Å². The number of benzene rings is 1. The first-order valence-corrected chi connectivity index (χ1v) is 12.3. The minimum atomic E-state index is -0.838. The van der Waals surface area contributed by atoms with E-state index in [2.05, 4.69) is 20.4 Å². The number of fused-ring (bicyclic) bond motifs is 1. The van der Waals surface area contributed by atoms with Gasteiger partial charge in [-0.15, -0.1) is 11.8 Å². The lowest BCUT2D eigenvalue weighted by Gasteiger charge is -2.32. The number of anilines is 2. The number of amides is 2. The number of hydrogen-bond donors (Lipinski definition) is 2. The van der Waals surface area contributed by atoms with Crippen molar-refractivity contribution in [2.24, 2.45) is 5.41 Å². The monoisotopic (exact) mass is 474 g/mol. The molecule has 4 rings (SSSR count). The highest BCUT2D eigenvalue weighted by Crippen LogP contribution is 2.36. The second-order valence-corrected chi connectivity index (χ2v) is 10.9. The normalized spacial score (nSPS) is 14.7. The molecule has 0 radical (unpaired) electrons. The zero-order valence-corrected chi connectivity index (χ0v) is 19.9. The van der Waals surface area contributed by atoms with Crippen molar-refractivity contribution in [1.29, 1.82) is 0 Å². The Hall–Kier alpha value is -2.66. The highest BCUT2D eigenvalue weighted by atomic mass is 32.2. The van der Waals surface area contributed by atoms with Crippen molar-refractivity contribution < 1.29 is 14.7 Å². The molecule has 11 heteroatoms. The predicted octanol–water partition coefficient (Wildman–Crippen LogP) is 4.62. The molecule has 1 aromatic carbocycles. The van der Waals surface area contributed by atoms with Crippen LogP contribution < -0.4 is 9.80 Å². The molecule has 0 aliphatic heterocycles. The molecule has 1 fully saturated rings. The van der Waals surface area contributed by atoms with Crippen LogP contribution in [0.25, 0.3) is 11.0 Å². The van der Waals surface area contributed by atoms with Gasteiger partial charge in [0.2, 0.25) is 0 Å². The van der Waals surface area contributed by atoms with Crippen LogP contribution in [0.15, 0.2) is 28.6 Å². The summed E-state index contributed by atoms with van der Waals surface area (Å²) < 4.78 is 0.880. The van der Waals surface area contributed by atoms with Gasteiger partial charge in [0.05, 0.1) is 15.8 Å². The summed E-state index contributed by atoms with van der Waals surface area (Å²) in [5.41, 5.74) is 1.43. The molecule has 1 saturated carbocycles. The van der Waals surface area contributed by atoms with Crippen molar-refractivity contribution in [1.82, 2.24) is 20.4 Å². The number of H-pyrrole nitrogens is 1. The SMILES string of the molecule is CN(C(=O)N(c1ccc2n[nH]nc2c1)C1CCCC1)c1ncc(SCC(C)(C)C(=O)O)s1. The van der Waals surface area contributed by atoms with Gasteiger partial charge in [-0.3, -0.25) is 14.6 Å². The number of carboxylic acid groups (broad SMARTS) is 1. The Morgan fingerprint density at radius 3 is 2.69 bits per heavy atom. The van der Waals surface area contributed by atoms with Gasteiger partial charge in [0, 0.05) is 24.5 Å². The number of thiazole rings is 1. The van der Waals surface area contributed by atoms with Gasteiger partial charge in [-0.25, -0.2) is 9.78 Å².